The molecule has 2 rings (SSSR count). The molecule has 2 heterocycles. The van der Waals surface area contributed by atoms with E-state index in [4.69, 9.17) is 4.78 Å². The standard InChI is InChI=1S/C11H16N2O4S3/c1-19(15,16)10-5-4-8(18-10)7-13-11(14)9-3-2-6-20(9,12)17/h4-5,9,12H,2-3,6-7H2,1H3,(H,13,14). The maximum Gasteiger partial charge on any atom is 0.236 e. The summed E-state index contributed by atoms with van der Waals surface area (Å²) in [6, 6.07) is 3.15. The van der Waals surface area contributed by atoms with Crippen molar-refractivity contribution in [2.75, 3.05) is 12.0 Å². The molecule has 0 aliphatic carbocycles. The molecule has 2 unspecified atom stereocenters. The van der Waals surface area contributed by atoms with Crippen LogP contribution in [-0.2, 0) is 30.9 Å². The molecular formula is C11H16N2O4S3. The van der Waals surface area contributed by atoms with Crippen LogP contribution in [0.3, 0.4) is 0 Å². The summed E-state index contributed by atoms with van der Waals surface area (Å²) in [7, 11) is -6.04. The Morgan fingerprint density at radius 1 is 1.55 bits per heavy atom. The zero-order chi connectivity index (χ0) is 15.0. The SMILES string of the molecule is CS(=O)(=O)c1ccc(CNC(=O)C2CCCS2(=N)=O)s1. The van der Waals surface area contributed by atoms with Crippen molar-refractivity contribution in [3.63, 3.8) is 0 Å². The van der Waals surface area contributed by atoms with Gasteiger partial charge in [-0.15, -0.1) is 11.3 Å². The van der Waals surface area contributed by atoms with E-state index in [2.05, 4.69) is 5.32 Å². The maximum atomic E-state index is 11.9. The quantitative estimate of drug-likeness (QED) is 0.855. The largest absolute Gasteiger partial charge is 0.350 e. The first-order valence-corrected chi connectivity index (χ1v) is 10.5. The highest BCUT2D eigenvalue weighted by Crippen LogP contribution is 2.23. The lowest BCUT2D eigenvalue weighted by atomic mass is 10.2. The molecule has 1 saturated heterocycles. The normalized spacial score (nSPS) is 26.6. The van der Waals surface area contributed by atoms with Crippen LogP contribution in [0.25, 0.3) is 0 Å². The van der Waals surface area contributed by atoms with Crippen molar-refractivity contribution in [3.05, 3.63) is 17.0 Å². The Bertz CT molecular complexity index is 719. The first-order valence-electron chi connectivity index (χ1n) is 6.02. The highest BCUT2D eigenvalue weighted by Gasteiger charge is 2.33. The van der Waals surface area contributed by atoms with Crippen molar-refractivity contribution >= 4 is 36.8 Å². The van der Waals surface area contributed by atoms with E-state index in [-0.39, 0.29) is 22.4 Å². The summed E-state index contributed by atoms with van der Waals surface area (Å²) < 4.78 is 42.4. The van der Waals surface area contributed by atoms with Crippen molar-refractivity contribution in [2.45, 2.75) is 28.8 Å². The Kier molecular flexibility index (Phi) is 4.22. The number of carbonyl (C=O) groups is 1. The van der Waals surface area contributed by atoms with Gasteiger partial charge in [0.15, 0.2) is 9.84 Å². The van der Waals surface area contributed by atoms with Crippen LogP contribution in [0.15, 0.2) is 16.3 Å². The van der Waals surface area contributed by atoms with Gasteiger partial charge in [0.25, 0.3) is 0 Å². The molecular weight excluding hydrogens is 320 g/mol. The summed E-state index contributed by atoms with van der Waals surface area (Å²) >= 11 is 1.10. The second kappa shape index (κ2) is 5.45. The van der Waals surface area contributed by atoms with Crippen LogP contribution in [0.5, 0.6) is 0 Å². The van der Waals surface area contributed by atoms with E-state index in [0.717, 1.165) is 17.6 Å². The van der Waals surface area contributed by atoms with E-state index in [1.54, 1.807) is 6.07 Å². The Morgan fingerprint density at radius 2 is 2.25 bits per heavy atom. The molecule has 9 heteroatoms. The van der Waals surface area contributed by atoms with Crippen LogP contribution < -0.4 is 5.32 Å². The molecule has 2 atom stereocenters. The first-order chi connectivity index (χ1) is 9.20. The molecule has 0 aromatic carbocycles. The topological polar surface area (TPSA) is 104 Å². The van der Waals surface area contributed by atoms with Gasteiger partial charge in [-0.25, -0.2) is 12.6 Å². The third kappa shape index (κ3) is 3.39. The van der Waals surface area contributed by atoms with Crippen molar-refractivity contribution in [2.24, 2.45) is 0 Å². The molecule has 6 nitrogen and oxygen atoms in total. The second-order valence-electron chi connectivity index (χ2n) is 4.77. The van der Waals surface area contributed by atoms with Gasteiger partial charge in [0.2, 0.25) is 5.91 Å². The van der Waals surface area contributed by atoms with E-state index in [9.17, 15) is 17.4 Å². The summed E-state index contributed by atoms with van der Waals surface area (Å²) in [5.74, 6) is -0.0979. The fourth-order valence-corrected chi connectivity index (χ4v) is 5.83. The van der Waals surface area contributed by atoms with Crippen LogP contribution in [0.1, 0.15) is 17.7 Å². The second-order valence-corrected chi connectivity index (χ2v) is 10.6. The van der Waals surface area contributed by atoms with Gasteiger partial charge in [-0.2, -0.15) is 0 Å². The molecule has 0 bridgehead atoms. The van der Waals surface area contributed by atoms with Crippen LogP contribution in [0.4, 0.5) is 0 Å². The number of amides is 1. The molecule has 1 aliphatic rings. The predicted molar refractivity (Wildman–Crippen MR) is 78.0 cm³/mol. The van der Waals surface area contributed by atoms with E-state index in [1.807, 2.05) is 0 Å². The van der Waals surface area contributed by atoms with E-state index in [0.29, 0.717) is 17.7 Å². The van der Waals surface area contributed by atoms with E-state index >= 15 is 0 Å². The number of hydrogen-bond donors (Lipinski definition) is 2. The summed E-state index contributed by atoms with van der Waals surface area (Å²) in [5, 5.41) is 1.90. The van der Waals surface area contributed by atoms with Crippen molar-refractivity contribution in [1.82, 2.24) is 5.32 Å². The van der Waals surface area contributed by atoms with Crippen LogP contribution in [-0.4, -0.2) is 35.8 Å². The van der Waals surface area contributed by atoms with E-state index in [1.165, 1.54) is 6.07 Å². The zero-order valence-electron chi connectivity index (χ0n) is 10.9. The van der Waals surface area contributed by atoms with Crippen molar-refractivity contribution < 1.29 is 17.4 Å². The maximum absolute atomic E-state index is 11.9. The van der Waals surface area contributed by atoms with Crippen molar-refractivity contribution in [1.29, 1.82) is 4.78 Å². The molecule has 1 aromatic rings. The summed E-state index contributed by atoms with van der Waals surface area (Å²) in [5.41, 5.74) is 0. The fourth-order valence-electron chi connectivity index (χ4n) is 2.06. The summed E-state index contributed by atoms with van der Waals surface area (Å²) in [6.45, 7) is 0.199. The number of nitrogens with one attached hydrogen (secondary N) is 2. The third-order valence-corrected chi connectivity index (χ3v) is 8.27. The number of sulfone groups is 1. The number of hydrogen-bond acceptors (Lipinski definition) is 6. The Labute approximate surface area is 122 Å². The van der Waals surface area contributed by atoms with Crippen LogP contribution >= 0.6 is 11.3 Å². The third-order valence-electron chi connectivity index (χ3n) is 3.11. The lowest BCUT2D eigenvalue weighted by molar-refractivity contribution is -0.120. The minimum absolute atomic E-state index is 0.199. The van der Waals surface area contributed by atoms with Crippen LogP contribution in [0, 0.1) is 4.78 Å². The minimum Gasteiger partial charge on any atom is -0.350 e. The van der Waals surface area contributed by atoms with Crippen molar-refractivity contribution in [3.8, 4) is 0 Å². The smallest absolute Gasteiger partial charge is 0.236 e. The molecule has 0 saturated carbocycles. The van der Waals surface area contributed by atoms with Gasteiger partial charge < -0.3 is 5.32 Å². The Balaban J connectivity index is 1.99. The van der Waals surface area contributed by atoms with E-state index < -0.39 is 24.8 Å². The molecule has 1 amide bonds. The monoisotopic (exact) mass is 336 g/mol. The molecule has 0 radical (unpaired) electrons. The number of rotatable bonds is 4. The Morgan fingerprint density at radius 3 is 2.75 bits per heavy atom. The van der Waals surface area contributed by atoms with Gasteiger partial charge >= 0.3 is 0 Å². The van der Waals surface area contributed by atoms with Gasteiger partial charge in [0, 0.05) is 16.9 Å². The highest BCUT2D eigenvalue weighted by molar-refractivity contribution is 7.94. The first kappa shape index (κ1) is 15.5. The average molecular weight is 336 g/mol. The Hall–Kier alpha value is -0.930. The van der Waals surface area contributed by atoms with Gasteiger partial charge in [-0.3, -0.25) is 9.57 Å². The fraction of sp³-hybridized carbons (Fsp3) is 0.545. The summed E-state index contributed by atoms with van der Waals surface area (Å²) in [6.07, 6.45) is 2.25. The van der Waals surface area contributed by atoms with Gasteiger partial charge in [0.05, 0.1) is 16.3 Å². The van der Waals surface area contributed by atoms with Gasteiger partial charge in [0.1, 0.15) is 9.46 Å². The van der Waals surface area contributed by atoms with Gasteiger partial charge in [-0.1, -0.05) is 0 Å². The molecule has 1 aliphatic heterocycles. The summed E-state index contributed by atoms with van der Waals surface area (Å²) in [4.78, 5) is 12.6. The zero-order valence-corrected chi connectivity index (χ0v) is 13.4. The van der Waals surface area contributed by atoms with Crippen LogP contribution in [0.2, 0.25) is 0 Å². The lowest BCUT2D eigenvalue weighted by Crippen LogP contribution is -2.36. The molecule has 1 fully saturated rings. The average Bonchev–Trinajstić information content (AvgIpc) is 2.91. The molecule has 2 N–H and O–H groups in total. The number of thiophene rings is 1. The predicted octanol–water partition coefficient (Wildman–Crippen LogP) is 0.977. The van der Waals surface area contributed by atoms with Gasteiger partial charge in [-0.05, 0) is 25.0 Å². The molecule has 20 heavy (non-hydrogen) atoms. The highest BCUT2D eigenvalue weighted by atomic mass is 32.2. The number of carbonyl (C=O) groups excluding carboxylic acids is 1. The lowest BCUT2D eigenvalue weighted by Gasteiger charge is -2.11. The molecule has 112 valence electrons. The molecule has 1 aromatic heterocycles. The minimum atomic E-state index is -3.22. The molecule has 0 spiro atoms.